The van der Waals surface area contributed by atoms with E-state index in [1.165, 1.54) is 0 Å². The number of aromatic nitrogens is 1. The van der Waals surface area contributed by atoms with Crippen LogP contribution in [0, 0.1) is 6.92 Å². The Morgan fingerprint density at radius 1 is 1.26 bits per heavy atom. The van der Waals surface area contributed by atoms with Gasteiger partial charge in [-0.25, -0.2) is 4.98 Å². The van der Waals surface area contributed by atoms with Gasteiger partial charge >= 0.3 is 0 Å². The van der Waals surface area contributed by atoms with Crippen LogP contribution >= 0.6 is 0 Å². The summed E-state index contributed by atoms with van der Waals surface area (Å²) in [6, 6.07) is 13.1. The van der Waals surface area contributed by atoms with Gasteiger partial charge in [-0.3, -0.25) is 4.79 Å². The number of carbonyl (C=O) groups excluding carboxylic acids is 1. The average Bonchev–Trinajstić information content (AvgIpc) is 2.38. The van der Waals surface area contributed by atoms with Crippen molar-refractivity contribution in [2.24, 2.45) is 0 Å². The molecule has 3 N–H and O–H groups in total. The first-order chi connectivity index (χ1) is 9.06. The molecule has 0 aliphatic rings. The molecule has 1 amide bonds. The van der Waals surface area contributed by atoms with Crippen LogP contribution in [-0.2, 0) is 0 Å². The summed E-state index contributed by atoms with van der Waals surface area (Å²) in [5.74, 6) is 0.214. The van der Waals surface area contributed by atoms with Crippen molar-refractivity contribution in [3.05, 3.63) is 59.3 Å². The summed E-state index contributed by atoms with van der Waals surface area (Å²) in [4.78, 5) is 16.2. The normalized spacial score (nSPS) is 11.9. The Balaban J connectivity index is 2.13. The predicted molar refractivity (Wildman–Crippen MR) is 75.7 cm³/mol. The van der Waals surface area contributed by atoms with Crippen molar-refractivity contribution in [1.82, 2.24) is 10.3 Å². The highest BCUT2D eigenvalue weighted by Gasteiger charge is 2.12. The Morgan fingerprint density at radius 2 is 1.95 bits per heavy atom. The number of anilines is 1. The van der Waals surface area contributed by atoms with E-state index >= 15 is 0 Å². The van der Waals surface area contributed by atoms with Crippen LogP contribution in [0.3, 0.4) is 0 Å². The summed E-state index contributed by atoms with van der Waals surface area (Å²) in [5, 5.41) is 2.94. The van der Waals surface area contributed by atoms with Crippen molar-refractivity contribution in [3.63, 3.8) is 0 Å². The number of pyridine rings is 1. The number of benzene rings is 1. The maximum Gasteiger partial charge on any atom is 0.251 e. The third kappa shape index (κ3) is 3.31. The van der Waals surface area contributed by atoms with Gasteiger partial charge in [0.1, 0.15) is 5.82 Å². The highest BCUT2D eigenvalue weighted by atomic mass is 16.1. The van der Waals surface area contributed by atoms with Gasteiger partial charge in [-0.1, -0.05) is 30.3 Å². The summed E-state index contributed by atoms with van der Waals surface area (Å²) in [6.07, 6.45) is 0. The van der Waals surface area contributed by atoms with E-state index in [1.807, 2.05) is 44.2 Å². The molecule has 19 heavy (non-hydrogen) atoms. The van der Waals surface area contributed by atoms with Crippen LogP contribution in [0.2, 0.25) is 0 Å². The number of hydrogen-bond acceptors (Lipinski definition) is 3. The maximum absolute atomic E-state index is 12.1. The van der Waals surface area contributed by atoms with E-state index in [0.29, 0.717) is 11.4 Å². The number of hydrogen-bond donors (Lipinski definition) is 2. The zero-order valence-corrected chi connectivity index (χ0v) is 11.1. The van der Waals surface area contributed by atoms with E-state index in [4.69, 9.17) is 5.73 Å². The molecular weight excluding hydrogens is 238 g/mol. The molecule has 0 aliphatic carbocycles. The van der Waals surface area contributed by atoms with Crippen molar-refractivity contribution < 1.29 is 4.79 Å². The minimum atomic E-state index is -0.145. The molecule has 1 heterocycles. The van der Waals surface area contributed by atoms with E-state index in [2.05, 4.69) is 10.3 Å². The number of rotatable bonds is 3. The lowest BCUT2D eigenvalue weighted by atomic mass is 10.1. The Bertz CT molecular complexity index is 561. The number of nitrogens with one attached hydrogen (secondary N) is 1. The van der Waals surface area contributed by atoms with E-state index in [-0.39, 0.29) is 11.9 Å². The fourth-order valence-electron chi connectivity index (χ4n) is 1.93. The highest BCUT2D eigenvalue weighted by molar-refractivity contribution is 5.95. The van der Waals surface area contributed by atoms with Crippen molar-refractivity contribution in [2.75, 3.05) is 5.73 Å². The summed E-state index contributed by atoms with van der Waals surface area (Å²) in [5.41, 5.74) is 7.98. The first kappa shape index (κ1) is 13.1. The number of nitrogen functional groups attached to an aromatic ring is 1. The third-order valence-corrected chi connectivity index (χ3v) is 2.88. The molecule has 2 aromatic rings. The van der Waals surface area contributed by atoms with Gasteiger partial charge in [0.15, 0.2) is 0 Å². The molecule has 0 radical (unpaired) electrons. The number of amides is 1. The number of aryl methyl sites for hydroxylation is 1. The fourth-order valence-corrected chi connectivity index (χ4v) is 1.93. The van der Waals surface area contributed by atoms with Crippen LogP contribution in [0.1, 0.15) is 34.6 Å². The third-order valence-electron chi connectivity index (χ3n) is 2.88. The molecule has 1 aromatic heterocycles. The standard InChI is InChI=1S/C15H17N3O/c1-10-8-13(9-14(16)17-10)15(19)18-11(2)12-6-4-3-5-7-12/h3-9,11H,1-2H3,(H2,16,17)(H,18,19). The molecule has 0 saturated heterocycles. The molecule has 1 atom stereocenters. The lowest BCUT2D eigenvalue weighted by Gasteiger charge is -2.14. The summed E-state index contributed by atoms with van der Waals surface area (Å²) >= 11 is 0. The largest absolute Gasteiger partial charge is 0.384 e. The van der Waals surface area contributed by atoms with Gasteiger partial charge in [-0.05, 0) is 31.5 Å². The maximum atomic E-state index is 12.1. The second kappa shape index (κ2) is 5.52. The highest BCUT2D eigenvalue weighted by Crippen LogP contribution is 2.13. The minimum absolute atomic E-state index is 0.0524. The van der Waals surface area contributed by atoms with Gasteiger partial charge in [0.25, 0.3) is 5.91 Å². The van der Waals surface area contributed by atoms with Crippen LogP contribution in [0.4, 0.5) is 5.82 Å². The zero-order chi connectivity index (χ0) is 13.8. The number of nitrogens with two attached hydrogens (primary N) is 1. The van der Waals surface area contributed by atoms with Crippen molar-refractivity contribution in [2.45, 2.75) is 19.9 Å². The van der Waals surface area contributed by atoms with Crippen LogP contribution in [-0.4, -0.2) is 10.9 Å². The monoisotopic (exact) mass is 255 g/mol. The zero-order valence-electron chi connectivity index (χ0n) is 11.1. The number of carbonyl (C=O) groups is 1. The van der Waals surface area contributed by atoms with E-state index in [9.17, 15) is 4.79 Å². The second-order valence-corrected chi connectivity index (χ2v) is 4.53. The van der Waals surface area contributed by atoms with Crippen molar-refractivity contribution in [1.29, 1.82) is 0 Å². The molecule has 2 rings (SSSR count). The molecular formula is C15H17N3O. The van der Waals surface area contributed by atoms with Crippen molar-refractivity contribution in [3.8, 4) is 0 Å². The van der Waals surface area contributed by atoms with Gasteiger partial charge in [-0.15, -0.1) is 0 Å². The lowest BCUT2D eigenvalue weighted by Crippen LogP contribution is -2.26. The molecule has 98 valence electrons. The molecule has 0 aliphatic heterocycles. The average molecular weight is 255 g/mol. The van der Waals surface area contributed by atoms with Gasteiger partial charge in [0, 0.05) is 11.3 Å². The molecule has 0 fully saturated rings. The quantitative estimate of drug-likeness (QED) is 0.885. The molecule has 0 bridgehead atoms. The van der Waals surface area contributed by atoms with Gasteiger partial charge in [0.05, 0.1) is 6.04 Å². The Labute approximate surface area is 112 Å². The molecule has 1 unspecified atom stereocenters. The van der Waals surface area contributed by atoms with Crippen LogP contribution in [0.5, 0.6) is 0 Å². The van der Waals surface area contributed by atoms with Gasteiger partial charge < -0.3 is 11.1 Å². The molecule has 4 nitrogen and oxygen atoms in total. The van der Waals surface area contributed by atoms with Gasteiger partial charge in [-0.2, -0.15) is 0 Å². The predicted octanol–water partition coefficient (Wildman–Crippen LogP) is 2.46. The van der Waals surface area contributed by atoms with Gasteiger partial charge in [0.2, 0.25) is 0 Å². The first-order valence-electron chi connectivity index (χ1n) is 6.16. The smallest absolute Gasteiger partial charge is 0.251 e. The van der Waals surface area contributed by atoms with Crippen LogP contribution in [0.15, 0.2) is 42.5 Å². The summed E-state index contributed by atoms with van der Waals surface area (Å²) < 4.78 is 0. The fraction of sp³-hybridized carbons (Fsp3) is 0.200. The Kier molecular flexibility index (Phi) is 3.80. The number of nitrogens with zero attached hydrogens (tertiary/aromatic N) is 1. The second-order valence-electron chi connectivity index (χ2n) is 4.53. The van der Waals surface area contributed by atoms with Crippen molar-refractivity contribution >= 4 is 11.7 Å². The topological polar surface area (TPSA) is 68.0 Å². The molecule has 4 heteroatoms. The first-order valence-corrected chi connectivity index (χ1v) is 6.16. The van der Waals surface area contributed by atoms with E-state index in [0.717, 1.165) is 11.3 Å². The SMILES string of the molecule is Cc1cc(C(=O)NC(C)c2ccccc2)cc(N)n1. The minimum Gasteiger partial charge on any atom is -0.384 e. The molecule has 0 saturated carbocycles. The summed E-state index contributed by atoms with van der Waals surface area (Å²) in [6.45, 7) is 3.76. The lowest BCUT2D eigenvalue weighted by molar-refractivity contribution is 0.0939. The molecule has 0 spiro atoms. The van der Waals surface area contributed by atoms with E-state index in [1.54, 1.807) is 12.1 Å². The van der Waals surface area contributed by atoms with Crippen LogP contribution < -0.4 is 11.1 Å². The Morgan fingerprint density at radius 3 is 2.58 bits per heavy atom. The molecule has 1 aromatic carbocycles. The van der Waals surface area contributed by atoms with Crippen LogP contribution in [0.25, 0.3) is 0 Å². The summed E-state index contributed by atoms with van der Waals surface area (Å²) in [7, 11) is 0. The Hall–Kier alpha value is -2.36. The van der Waals surface area contributed by atoms with E-state index < -0.39 is 0 Å².